The summed E-state index contributed by atoms with van der Waals surface area (Å²) in [5.74, 6) is 2.14. The molecule has 15 nitrogen and oxygen atoms in total. The minimum atomic E-state index is -4.94. The SMILES string of the molecule is C1CCOC1.CC(CC1=NCCO1)(C1=N[C@H]2c3ccccc3C[C@H]2O1)C1=N[C@H]2c3ccccc3C[C@H]2O1.[Ni+2].[O-][Cl+3]([O-])([O-])[O-].[O-][Cl+3]([O-])([O-])[O-]. The van der Waals surface area contributed by atoms with E-state index in [1.165, 1.54) is 35.1 Å². The van der Waals surface area contributed by atoms with Gasteiger partial charge in [0.05, 0.1) is 6.54 Å². The van der Waals surface area contributed by atoms with Gasteiger partial charge < -0.3 is 18.9 Å². The molecular formula is C30H33Cl2N3NiO12. The van der Waals surface area contributed by atoms with E-state index in [2.05, 4.69) is 60.4 Å². The predicted molar refractivity (Wildman–Crippen MR) is 141 cm³/mol. The Morgan fingerprint density at radius 1 is 0.708 bits per heavy atom. The Balaban J connectivity index is 0.000000273. The van der Waals surface area contributed by atoms with Crippen molar-refractivity contribution in [2.24, 2.45) is 20.4 Å². The summed E-state index contributed by atoms with van der Waals surface area (Å²) >= 11 is 0. The smallest absolute Gasteiger partial charge is 0.479 e. The summed E-state index contributed by atoms with van der Waals surface area (Å²) in [5.41, 5.74) is 4.56. The fourth-order valence-corrected chi connectivity index (χ4v) is 6.28. The molecule has 4 heterocycles. The summed E-state index contributed by atoms with van der Waals surface area (Å²) in [6.07, 6.45) is 4.94. The van der Waals surface area contributed by atoms with Crippen LogP contribution in [0.25, 0.3) is 0 Å². The van der Waals surface area contributed by atoms with Crippen LogP contribution >= 0.6 is 0 Å². The summed E-state index contributed by atoms with van der Waals surface area (Å²) in [7, 11) is -9.89. The van der Waals surface area contributed by atoms with Crippen molar-refractivity contribution in [2.45, 2.75) is 63.3 Å². The van der Waals surface area contributed by atoms with Gasteiger partial charge in [-0.2, -0.15) is 0 Å². The first-order valence-electron chi connectivity index (χ1n) is 14.8. The van der Waals surface area contributed by atoms with E-state index in [1.54, 1.807) is 0 Å². The van der Waals surface area contributed by atoms with Crippen LogP contribution in [0.5, 0.6) is 0 Å². The van der Waals surface area contributed by atoms with E-state index in [0.717, 1.165) is 32.0 Å². The van der Waals surface area contributed by atoms with Crippen molar-refractivity contribution in [3.63, 3.8) is 0 Å². The molecule has 0 saturated carbocycles. The Labute approximate surface area is 291 Å². The third kappa shape index (κ3) is 10.1. The maximum atomic E-state index is 8.49. The van der Waals surface area contributed by atoms with Crippen molar-refractivity contribution in [3.05, 3.63) is 70.8 Å². The van der Waals surface area contributed by atoms with Gasteiger partial charge in [0, 0.05) is 32.5 Å². The van der Waals surface area contributed by atoms with E-state index < -0.39 is 25.9 Å². The maximum absolute atomic E-state index is 8.49. The zero-order chi connectivity index (χ0) is 33.8. The maximum Gasteiger partial charge on any atom is 2.00 e. The van der Waals surface area contributed by atoms with Gasteiger partial charge in [-0.05, 0) is 42.0 Å². The van der Waals surface area contributed by atoms with Gasteiger partial charge in [-0.25, -0.2) is 47.3 Å². The minimum Gasteiger partial charge on any atom is -0.479 e. The van der Waals surface area contributed by atoms with Gasteiger partial charge in [-0.15, -0.1) is 20.5 Å². The summed E-state index contributed by atoms with van der Waals surface area (Å²) in [6, 6.07) is 17.1. The van der Waals surface area contributed by atoms with Gasteiger partial charge in [0.1, 0.15) is 36.3 Å². The largest absolute Gasteiger partial charge is 2.00 e. The Kier molecular flexibility index (Phi) is 12.8. The third-order valence-corrected chi connectivity index (χ3v) is 8.26. The second-order valence-corrected chi connectivity index (χ2v) is 13.1. The molecule has 0 bridgehead atoms. The molecule has 4 atom stereocenters. The first kappa shape index (κ1) is 38.4. The van der Waals surface area contributed by atoms with Crippen LogP contribution in [0.1, 0.15) is 60.5 Å². The Morgan fingerprint density at radius 2 is 1.15 bits per heavy atom. The van der Waals surface area contributed by atoms with E-state index >= 15 is 0 Å². The molecule has 1 fully saturated rings. The zero-order valence-corrected chi connectivity index (χ0v) is 28.1. The van der Waals surface area contributed by atoms with Crippen LogP contribution in [0.2, 0.25) is 0 Å². The molecule has 0 aromatic heterocycles. The molecule has 2 aromatic carbocycles. The molecule has 264 valence electrons. The normalized spacial score (nSPS) is 24.4. The number of hydrogen-bond donors (Lipinski definition) is 0. The van der Waals surface area contributed by atoms with Crippen molar-refractivity contribution in [1.29, 1.82) is 0 Å². The average Bonchev–Trinajstić information content (AvgIpc) is 3.82. The van der Waals surface area contributed by atoms with Crippen LogP contribution in [0, 0.1) is 25.9 Å². The Bertz CT molecular complexity index is 1390. The van der Waals surface area contributed by atoms with E-state index in [4.69, 9.17) is 66.2 Å². The number of halogens is 2. The molecule has 0 spiro atoms. The second-order valence-electron chi connectivity index (χ2n) is 11.6. The molecule has 4 aliphatic heterocycles. The first-order chi connectivity index (χ1) is 22.2. The van der Waals surface area contributed by atoms with Crippen molar-refractivity contribution in [1.82, 2.24) is 0 Å². The third-order valence-electron chi connectivity index (χ3n) is 8.26. The molecule has 1 saturated heterocycles. The number of aliphatic imine (C=N–C) groups is 3. The molecule has 2 aromatic rings. The number of ether oxygens (including phenoxy) is 4. The first-order valence-corrected chi connectivity index (χ1v) is 17.3. The summed E-state index contributed by atoms with van der Waals surface area (Å²) in [5, 5.41) is 0. The fourth-order valence-electron chi connectivity index (χ4n) is 6.28. The second kappa shape index (κ2) is 16.1. The predicted octanol–water partition coefficient (Wildman–Crippen LogP) is -4.72. The van der Waals surface area contributed by atoms with Crippen molar-refractivity contribution in [3.8, 4) is 0 Å². The van der Waals surface area contributed by atoms with Crippen molar-refractivity contribution < 1.29 is 93.2 Å². The number of hydrogen-bond acceptors (Lipinski definition) is 15. The average molecular weight is 757 g/mol. The van der Waals surface area contributed by atoms with Crippen LogP contribution in [0.4, 0.5) is 0 Å². The van der Waals surface area contributed by atoms with Crippen LogP contribution in [0.15, 0.2) is 63.5 Å². The molecule has 0 radical (unpaired) electrons. The molecule has 18 heteroatoms. The van der Waals surface area contributed by atoms with Crippen LogP contribution in [-0.2, 0) is 48.3 Å². The minimum absolute atomic E-state index is 0. The summed E-state index contributed by atoms with van der Waals surface area (Å²) < 4.78 is 91.7. The van der Waals surface area contributed by atoms with Gasteiger partial charge >= 0.3 is 16.5 Å². The van der Waals surface area contributed by atoms with Crippen molar-refractivity contribution >= 4 is 17.7 Å². The Morgan fingerprint density at radius 3 is 1.52 bits per heavy atom. The number of fused-ring (bicyclic) bond motifs is 6. The number of benzene rings is 2. The van der Waals surface area contributed by atoms with E-state index in [0.29, 0.717) is 31.4 Å². The van der Waals surface area contributed by atoms with Gasteiger partial charge in [0.15, 0.2) is 5.90 Å². The van der Waals surface area contributed by atoms with Crippen molar-refractivity contribution in [2.75, 3.05) is 26.4 Å². The van der Waals surface area contributed by atoms with Crippen LogP contribution < -0.4 is 37.3 Å². The number of rotatable bonds is 4. The van der Waals surface area contributed by atoms with Crippen LogP contribution in [-0.4, -0.2) is 56.3 Å². The van der Waals surface area contributed by atoms with Gasteiger partial charge in [0.2, 0.25) is 11.8 Å². The van der Waals surface area contributed by atoms with E-state index in [9.17, 15) is 0 Å². The van der Waals surface area contributed by atoms with E-state index in [1.807, 2.05) is 0 Å². The molecule has 6 aliphatic rings. The van der Waals surface area contributed by atoms with Gasteiger partial charge in [-0.3, -0.25) is 4.99 Å². The molecule has 0 unspecified atom stereocenters. The summed E-state index contributed by atoms with van der Waals surface area (Å²) in [4.78, 5) is 14.8. The quantitative estimate of drug-likeness (QED) is 0.267. The molecule has 0 amide bonds. The monoisotopic (exact) mass is 755 g/mol. The Hall–Kier alpha value is -2.44. The van der Waals surface area contributed by atoms with Gasteiger partial charge in [0.25, 0.3) is 0 Å². The molecule has 48 heavy (non-hydrogen) atoms. The molecule has 0 N–H and O–H groups in total. The molecular weight excluding hydrogens is 724 g/mol. The summed E-state index contributed by atoms with van der Waals surface area (Å²) in [6.45, 7) is 5.45. The zero-order valence-electron chi connectivity index (χ0n) is 25.6. The fraction of sp³-hybridized carbons (Fsp3) is 0.500. The van der Waals surface area contributed by atoms with Gasteiger partial charge in [-0.1, -0.05) is 48.5 Å². The standard InChI is InChI=1S/C26H25N3O3.C4H8O.2ClHO4.Ni/c1-26(14-21-27-10-11-30-21,24-28-22-17-8-4-2-6-15(17)12-19(22)31-24)25-29-23-18-9-5-3-7-16(18)13-20(23)32-25;1-2-4-5-3-1;2*2-1(3,4)5;/h2-9,19-20,22-23H,10-14H2,1H3;1-4H2;2*(H,2,3,4,5);/q;;;;+2/p-2/t19-,20-,22+,23+;;;;/m1..../s1. The topological polar surface area (TPSA) is 258 Å². The number of nitrogens with zero attached hydrogens (tertiary/aromatic N) is 3. The molecule has 2 aliphatic carbocycles. The molecule has 8 rings (SSSR count). The van der Waals surface area contributed by atoms with Crippen LogP contribution in [0.3, 0.4) is 0 Å². The van der Waals surface area contributed by atoms with E-state index in [-0.39, 0.29) is 40.8 Å².